The number of amides is 4. The van der Waals surface area contributed by atoms with Gasteiger partial charge in [-0.05, 0) is 51.3 Å². The number of carbonyl (C=O) groups is 5. The number of ether oxygens (including phenoxy) is 5. The number of aliphatic hydroxyl groups is 1. The van der Waals surface area contributed by atoms with Crippen molar-refractivity contribution >= 4 is 68.7 Å². The van der Waals surface area contributed by atoms with Gasteiger partial charge >= 0.3 is 12.1 Å². The zero-order valence-electron chi connectivity index (χ0n) is 34.6. The topological polar surface area (TPSA) is 200 Å². The highest BCUT2D eigenvalue weighted by atomic mass is 35.5. The summed E-state index contributed by atoms with van der Waals surface area (Å²) in [6.07, 6.45) is 1.86. The average Bonchev–Trinajstić information content (AvgIpc) is 3.87. The van der Waals surface area contributed by atoms with E-state index in [2.05, 4.69) is 5.32 Å². The van der Waals surface area contributed by atoms with Crippen LogP contribution in [0.25, 0.3) is 0 Å². The fourth-order valence-electron chi connectivity index (χ4n) is 7.08. The summed E-state index contributed by atoms with van der Waals surface area (Å²) in [5.41, 5.74) is 4.26. The summed E-state index contributed by atoms with van der Waals surface area (Å²) < 4.78 is 29.3. The Morgan fingerprint density at radius 2 is 1.91 bits per heavy atom. The highest BCUT2D eigenvalue weighted by Crippen LogP contribution is 2.49. The van der Waals surface area contributed by atoms with E-state index >= 15 is 0 Å². The van der Waals surface area contributed by atoms with Crippen molar-refractivity contribution in [1.82, 2.24) is 10.2 Å². The molecule has 0 saturated carbocycles. The molecule has 4 amide bonds. The summed E-state index contributed by atoms with van der Waals surface area (Å²) in [5, 5.41) is 14.7. The number of nitrogens with zero attached hydrogens (tertiary/aromatic N) is 2. The van der Waals surface area contributed by atoms with Crippen LogP contribution in [0.2, 0.25) is 5.02 Å². The van der Waals surface area contributed by atoms with Crippen LogP contribution in [-0.4, -0.2) is 121 Å². The van der Waals surface area contributed by atoms with Gasteiger partial charge in [0.25, 0.3) is 0 Å². The predicted octanol–water partition coefficient (Wildman–Crippen LogP) is 4.94. The maximum atomic E-state index is 14.2. The van der Waals surface area contributed by atoms with Gasteiger partial charge in [-0.1, -0.05) is 70.8 Å². The van der Waals surface area contributed by atoms with Crippen molar-refractivity contribution in [2.75, 3.05) is 39.0 Å². The number of esters is 1. The van der Waals surface area contributed by atoms with E-state index in [9.17, 15) is 29.1 Å². The molecule has 4 rings (SSSR count). The largest absolute Gasteiger partial charge is 0.495 e. The van der Waals surface area contributed by atoms with Gasteiger partial charge < -0.3 is 44.3 Å². The molecule has 2 fully saturated rings. The van der Waals surface area contributed by atoms with E-state index in [4.69, 9.17) is 41.0 Å². The fraction of sp³-hybridized carbons (Fsp3) is 0.625. The Kier molecular flexibility index (Phi) is 16.4. The average molecular weight is 870 g/mol. The Balaban J connectivity index is 1.63. The Morgan fingerprint density at radius 3 is 2.57 bits per heavy atom. The first-order valence-corrected chi connectivity index (χ1v) is 21.9. The molecule has 1 aromatic carbocycles. The molecule has 0 aliphatic carbocycles. The van der Waals surface area contributed by atoms with E-state index in [1.165, 1.54) is 41.9 Å². The zero-order valence-corrected chi connectivity index (χ0v) is 37.0. The third-order valence-electron chi connectivity index (χ3n) is 11.0. The van der Waals surface area contributed by atoms with Crippen LogP contribution in [-0.2, 0) is 44.5 Å². The zero-order chi connectivity index (χ0) is 43.1. The predicted molar refractivity (Wildman–Crippen MR) is 224 cm³/mol. The number of alkyl carbamates (subject to hydrolysis) is 1. The quantitative estimate of drug-likeness (QED) is 0.104. The number of halogens is 1. The third kappa shape index (κ3) is 11.6. The van der Waals surface area contributed by atoms with Crippen molar-refractivity contribution < 1.29 is 52.8 Å². The Hall–Kier alpha value is -3.48. The smallest absolute Gasteiger partial charge is 0.409 e. The molecule has 0 aromatic heterocycles. The molecular weight excluding hydrogens is 812 g/mol. The molecule has 18 heteroatoms. The molecule has 1 unspecified atom stereocenters. The SMILES string of the molecule is COc1cc2cc(c1Cl)N(C)C(=O)C[C@H](OC(=O)[C@H](C)N(C)C(=O)CCSSC(C)CCC(N)=O)[C@@]1(C)O[C@H]1[C@@H](C)[C@@H]1C[C@@](O)(NC(=O)O1)[C@H](OC)/C=C\C=C(\C)C2. The normalized spacial score (nSPS) is 30.0. The molecule has 58 heavy (non-hydrogen) atoms. The summed E-state index contributed by atoms with van der Waals surface area (Å²) in [5.74, 6) is -1.54. The molecule has 4 N–H and O–H groups in total. The number of methoxy groups -OCH3 is 2. The number of nitrogens with two attached hydrogens (primary N) is 1. The van der Waals surface area contributed by atoms with Gasteiger partial charge in [-0.3, -0.25) is 19.7 Å². The highest BCUT2D eigenvalue weighted by Gasteiger charge is 2.64. The van der Waals surface area contributed by atoms with Gasteiger partial charge in [0.05, 0.1) is 25.3 Å². The van der Waals surface area contributed by atoms with Crippen molar-refractivity contribution in [1.29, 1.82) is 0 Å². The second kappa shape index (κ2) is 20.2. The van der Waals surface area contributed by atoms with Crippen LogP contribution in [0.15, 0.2) is 35.9 Å². The van der Waals surface area contributed by atoms with Crippen molar-refractivity contribution in [2.45, 2.75) is 120 Å². The molecule has 3 heterocycles. The molecule has 0 spiro atoms. The van der Waals surface area contributed by atoms with Gasteiger partial charge in [-0.25, -0.2) is 9.59 Å². The number of hydrogen-bond donors (Lipinski definition) is 3. The highest BCUT2D eigenvalue weighted by molar-refractivity contribution is 8.76. The van der Waals surface area contributed by atoms with Crippen LogP contribution < -0.4 is 20.7 Å². The van der Waals surface area contributed by atoms with E-state index in [1.54, 1.807) is 62.9 Å². The van der Waals surface area contributed by atoms with Gasteiger partial charge in [0.2, 0.25) is 17.7 Å². The lowest BCUT2D eigenvalue weighted by Crippen LogP contribution is -2.63. The maximum absolute atomic E-state index is 14.2. The van der Waals surface area contributed by atoms with E-state index in [-0.39, 0.29) is 47.8 Å². The van der Waals surface area contributed by atoms with E-state index in [1.807, 2.05) is 19.9 Å². The first kappa shape index (κ1) is 47.2. The van der Waals surface area contributed by atoms with E-state index in [0.717, 1.165) is 11.1 Å². The van der Waals surface area contributed by atoms with Crippen LogP contribution in [0.1, 0.15) is 72.3 Å². The number of fused-ring (bicyclic) bond motifs is 5. The van der Waals surface area contributed by atoms with Gasteiger partial charge in [-0.15, -0.1) is 0 Å². The molecule has 4 bridgehead atoms. The maximum Gasteiger partial charge on any atom is 0.409 e. The first-order valence-electron chi connectivity index (χ1n) is 19.2. The molecule has 0 radical (unpaired) electrons. The van der Waals surface area contributed by atoms with Crippen LogP contribution >= 0.6 is 33.2 Å². The van der Waals surface area contributed by atoms with Crippen molar-refractivity contribution in [2.24, 2.45) is 11.7 Å². The van der Waals surface area contributed by atoms with Crippen molar-refractivity contribution in [3.63, 3.8) is 0 Å². The summed E-state index contributed by atoms with van der Waals surface area (Å²) >= 11 is 6.78. The number of hydrogen-bond acceptors (Lipinski definition) is 13. The Labute approximate surface area is 353 Å². The van der Waals surface area contributed by atoms with Crippen molar-refractivity contribution in [3.05, 3.63) is 46.5 Å². The first-order chi connectivity index (χ1) is 27.2. The van der Waals surface area contributed by atoms with Gasteiger partial charge in [-0.2, -0.15) is 0 Å². The molecule has 322 valence electrons. The second-order valence-electron chi connectivity index (χ2n) is 15.4. The molecule has 9 atom stereocenters. The number of benzene rings is 1. The number of rotatable bonds is 13. The summed E-state index contributed by atoms with van der Waals surface area (Å²) in [4.78, 5) is 67.9. The summed E-state index contributed by atoms with van der Waals surface area (Å²) in [6, 6.07) is 2.55. The lowest BCUT2D eigenvalue weighted by molar-refractivity contribution is -0.162. The minimum atomic E-state index is -1.84. The van der Waals surface area contributed by atoms with E-state index < -0.39 is 65.7 Å². The minimum absolute atomic E-state index is 0.0648. The number of epoxide rings is 1. The molecule has 2 saturated heterocycles. The lowest BCUT2D eigenvalue weighted by atomic mass is 9.83. The molecule has 3 aliphatic heterocycles. The van der Waals surface area contributed by atoms with Crippen LogP contribution in [0.4, 0.5) is 10.5 Å². The molecule has 1 aromatic rings. The minimum Gasteiger partial charge on any atom is -0.495 e. The fourth-order valence-corrected chi connectivity index (χ4v) is 9.72. The number of primary amides is 1. The Bertz CT molecular complexity index is 1770. The molecular formula is C40H57ClN4O11S2. The Morgan fingerprint density at radius 1 is 1.21 bits per heavy atom. The number of likely N-dealkylation sites (N-methyl/N-ethyl adjacent to an activating group) is 1. The summed E-state index contributed by atoms with van der Waals surface area (Å²) in [7, 11) is 9.05. The third-order valence-corrected chi connectivity index (χ3v) is 14.3. The van der Waals surface area contributed by atoms with Crippen LogP contribution in [0.3, 0.4) is 0 Å². The number of allylic oxidation sites excluding steroid dienone is 3. The van der Waals surface area contributed by atoms with Gasteiger partial charge in [0, 0.05) is 57.4 Å². The molecule has 3 aliphatic rings. The van der Waals surface area contributed by atoms with Crippen LogP contribution in [0, 0.1) is 5.92 Å². The number of carbonyl (C=O) groups excluding carboxylic acids is 5. The van der Waals surface area contributed by atoms with Gasteiger partial charge in [0.15, 0.2) is 5.72 Å². The van der Waals surface area contributed by atoms with E-state index in [0.29, 0.717) is 30.0 Å². The standard InChI is InChI=1S/C40H57ClN4O11S2/c1-22-11-10-12-30(53-9)40(51)21-29(54-38(50)43-40)24(3)36-39(5,56-36)31(20-34(48)45(7)27-18-26(17-22)19-28(52-8)35(27)41)55-37(49)25(4)44(6)33(47)15-16-57-58-23(2)13-14-32(42)46/h10-12,18-19,23-25,29-31,36,51H,13-17,20-21H2,1-9H3,(H2,42,46)(H,43,50)/b12-10-,22-11-/t23?,24-,25-,29-,30+,31-,36-,39+,40-/m0/s1. The van der Waals surface area contributed by atoms with Crippen LogP contribution in [0.5, 0.6) is 5.75 Å². The lowest BCUT2D eigenvalue weighted by Gasteiger charge is -2.42. The summed E-state index contributed by atoms with van der Waals surface area (Å²) in [6.45, 7) is 8.95. The van der Waals surface area contributed by atoms with Crippen molar-refractivity contribution in [3.8, 4) is 5.75 Å². The number of anilines is 1. The monoisotopic (exact) mass is 868 g/mol. The second-order valence-corrected chi connectivity index (χ2v) is 18.7. The van der Waals surface area contributed by atoms with Gasteiger partial charge in [0.1, 0.15) is 40.7 Å². The molecule has 15 nitrogen and oxygen atoms in total. The number of nitrogens with one attached hydrogen (secondary N) is 1.